The maximum atomic E-state index is 12.0. The number of rotatable bonds is 4. The van der Waals surface area contributed by atoms with E-state index in [2.05, 4.69) is 18.7 Å². The lowest BCUT2D eigenvalue weighted by Gasteiger charge is -2.47. The van der Waals surface area contributed by atoms with Gasteiger partial charge in [0.05, 0.1) is 6.04 Å². The van der Waals surface area contributed by atoms with E-state index in [1.165, 1.54) is 25.8 Å². The molecule has 2 heteroatoms. The molecule has 0 bridgehead atoms. The van der Waals surface area contributed by atoms with Crippen molar-refractivity contribution in [2.75, 3.05) is 13.1 Å². The summed E-state index contributed by atoms with van der Waals surface area (Å²) in [5, 5.41) is 0. The minimum Gasteiger partial charge on any atom is -0.298 e. The van der Waals surface area contributed by atoms with E-state index in [-0.39, 0.29) is 6.04 Å². The van der Waals surface area contributed by atoms with Crippen LogP contribution in [0.25, 0.3) is 0 Å². The third-order valence-electron chi connectivity index (χ3n) is 5.03. The number of carbonyl (C=O) groups excluding carboxylic acids is 1. The summed E-state index contributed by atoms with van der Waals surface area (Å²) in [6, 6.07) is 0.240. The Morgan fingerprint density at radius 3 is 2.56 bits per heavy atom. The van der Waals surface area contributed by atoms with E-state index in [0.717, 1.165) is 18.9 Å². The summed E-state index contributed by atoms with van der Waals surface area (Å²) < 4.78 is 0. The smallest absolute Gasteiger partial charge is 0.149 e. The molecule has 16 heavy (non-hydrogen) atoms. The van der Waals surface area contributed by atoms with Gasteiger partial charge in [-0.05, 0) is 37.1 Å². The molecule has 1 saturated carbocycles. The van der Waals surface area contributed by atoms with E-state index in [0.29, 0.717) is 17.6 Å². The Bertz CT molecular complexity index is 274. The third-order valence-corrected chi connectivity index (χ3v) is 5.03. The van der Waals surface area contributed by atoms with Crippen LogP contribution >= 0.6 is 0 Å². The fourth-order valence-corrected chi connectivity index (χ4v) is 3.85. The molecule has 1 aliphatic heterocycles. The summed E-state index contributed by atoms with van der Waals surface area (Å²) in [5.74, 6) is 1.34. The highest BCUT2D eigenvalue weighted by atomic mass is 16.1. The molecular weight excluding hydrogens is 198 g/mol. The molecule has 2 unspecified atom stereocenters. The van der Waals surface area contributed by atoms with Gasteiger partial charge in [-0.25, -0.2) is 0 Å². The van der Waals surface area contributed by atoms with Crippen molar-refractivity contribution in [3.8, 4) is 0 Å². The van der Waals surface area contributed by atoms with E-state index >= 15 is 0 Å². The Kier molecular flexibility index (Phi) is 3.39. The lowest BCUT2D eigenvalue weighted by atomic mass is 9.58. The van der Waals surface area contributed by atoms with Crippen LogP contribution in [0.2, 0.25) is 0 Å². The minimum atomic E-state index is 0.240. The summed E-state index contributed by atoms with van der Waals surface area (Å²) in [4.78, 5) is 14.4. The first-order chi connectivity index (χ1) is 7.66. The predicted octanol–water partition coefficient (Wildman–Crippen LogP) is 2.87. The fourth-order valence-electron chi connectivity index (χ4n) is 3.85. The lowest BCUT2D eigenvalue weighted by molar-refractivity contribution is -0.123. The number of carbonyl (C=O) groups is 1. The topological polar surface area (TPSA) is 20.3 Å². The van der Waals surface area contributed by atoms with E-state index in [1.54, 1.807) is 0 Å². The number of hydrogen-bond donors (Lipinski definition) is 0. The summed E-state index contributed by atoms with van der Waals surface area (Å²) in [6.45, 7) is 8.71. The van der Waals surface area contributed by atoms with Crippen molar-refractivity contribution >= 4 is 5.78 Å². The van der Waals surface area contributed by atoms with E-state index in [1.807, 2.05) is 6.92 Å². The largest absolute Gasteiger partial charge is 0.298 e. The molecule has 1 spiro atoms. The molecule has 0 aromatic carbocycles. The Balaban J connectivity index is 2.09. The van der Waals surface area contributed by atoms with Crippen molar-refractivity contribution < 1.29 is 4.79 Å². The Hall–Kier alpha value is -0.370. The zero-order valence-electron chi connectivity index (χ0n) is 11.0. The van der Waals surface area contributed by atoms with Gasteiger partial charge in [0.25, 0.3) is 0 Å². The van der Waals surface area contributed by atoms with Crippen molar-refractivity contribution in [1.82, 2.24) is 4.90 Å². The molecule has 3 atom stereocenters. The molecule has 92 valence electrons. The average Bonchev–Trinajstić information content (AvgIpc) is 2.69. The van der Waals surface area contributed by atoms with E-state index < -0.39 is 0 Å². The summed E-state index contributed by atoms with van der Waals surface area (Å²) >= 11 is 0. The first-order valence-electron chi connectivity index (χ1n) is 6.93. The molecule has 0 N–H and O–H groups in total. The first kappa shape index (κ1) is 12.1. The Morgan fingerprint density at radius 1 is 1.38 bits per heavy atom. The number of nitrogens with zero attached hydrogens (tertiary/aromatic N) is 1. The van der Waals surface area contributed by atoms with Crippen molar-refractivity contribution in [2.45, 2.75) is 58.9 Å². The molecule has 0 amide bonds. The van der Waals surface area contributed by atoms with Crippen LogP contribution in [0.15, 0.2) is 0 Å². The predicted molar refractivity (Wildman–Crippen MR) is 66.4 cm³/mol. The highest BCUT2D eigenvalue weighted by molar-refractivity contribution is 5.84. The summed E-state index contributed by atoms with van der Waals surface area (Å²) in [5.41, 5.74) is 0.514. The van der Waals surface area contributed by atoms with Gasteiger partial charge < -0.3 is 0 Å². The van der Waals surface area contributed by atoms with Gasteiger partial charge in [0.1, 0.15) is 5.78 Å². The van der Waals surface area contributed by atoms with Gasteiger partial charge in [-0.3, -0.25) is 9.69 Å². The van der Waals surface area contributed by atoms with Gasteiger partial charge in [-0.1, -0.05) is 27.2 Å². The van der Waals surface area contributed by atoms with Crippen LogP contribution < -0.4 is 0 Å². The molecule has 2 fully saturated rings. The summed E-state index contributed by atoms with van der Waals surface area (Å²) in [6.07, 6.45) is 5.89. The van der Waals surface area contributed by atoms with Gasteiger partial charge >= 0.3 is 0 Å². The third kappa shape index (κ3) is 1.71. The summed E-state index contributed by atoms with van der Waals surface area (Å²) in [7, 11) is 0. The minimum absolute atomic E-state index is 0.240. The average molecular weight is 223 g/mol. The molecule has 0 aromatic heterocycles. The monoisotopic (exact) mass is 223 g/mol. The van der Waals surface area contributed by atoms with Crippen LogP contribution in [0, 0.1) is 11.3 Å². The van der Waals surface area contributed by atoms with Gasteiger partial charge in [0.2, 0.25) is 0 Å². The van der Waals surface area contributed by atoms with Gasteiger partial charge in [-0.15, -0.1) is 0 Å². The first-order valence-corrected chi connectivity index (χ1v) is 6.93. The van der Waals surface area contributed by atoms with Crippen molar-refractivity contribution in [1.29, 1.82) is 0 Å². The molecule has 1 saturated heterocycles. The van der Waals surface area contributed by atoms with Gasteiger partial charge in [0.15, 0.2) is 0 Å². The molecule has 2 aliphatic rings. The number of likely N-dealkylation sites (N-methyl/N-ethyl adjacent to an activating group) is 1. The zero-order valence-corrected chi connectivity index (χ0v) is 11.0. The molecule has 2 nitrogen and oxygen atoms in total. The van der Waals surface area contributed by atoms with Gasteiger partial charge in [-0.2, -0.15) is 0 Å². The maximum Gasteiger partial charge on any atom is 0.149 e. The van der Waals surface area contributed by atoms with E-state index in [4.69, 9.17) is 0 Å². The SMILES string of the molecule is CCC(=O)[C@@H]1CC2(CCC2CC)CN1CC. The standard InChI is InChI=1S/C14H25NO/c1-4-11-7-8-14(11)9-12(13(16)5-2)15(6-3)10-14/h11-12H,4-10H2,1-3H3/t11?,12-,14?/m0/s1. The highest BCUT2D eigenvalue weighted by Gasteiger charge is 2.53. The fraction of sp³-hybridized carbons (Fsp3) is 0.929. The van der Waals surface area contributed by atoms with E-state index in [9.17, 15) is 4.79 Å². The second-order valence-corrected chi connectivity index (χ2v) is 5.61. The van der Waals surface area contributed by atoms with Crippen molar-refractivity contribution in [3.05, 3.63) is 0 Å². The molecule has 0 aromatic rings. The Morgan fingerprint density at radius 2 is 2.12 bits per heavy atom. The number of Topliss-reactive ketones (excluding diaryl/α,β-unsaturated/α-hetero) is 1. The van der Waals surface area contributed by atoms with Crippen LogP contribution in [0.1, 0.15) is 52.9 Å². The van der Waals surface area contributed by atoms with Crippen LogP contribution in [0.3, 0.4) is 0 Å². The molecule has 2 rings (SSSR count). The molecule has 1 heterocycles. The van der Waals surface area contributed by atoms with Crippen molar-refractivity contribution in [2.24, 2.45) is 11.3 Å². The molecule has 0 radical (unpaired) electrons. The molecule has 1 aliphatic carbocycles. The number of ketones is 1. The van der Waals surface area contributed by atoms with Crippen molar-refractivity contribution in [3.63, 3.8) is 0 Å². The van der Waals surface area contributed by atoms with Crippen LogP contribution in [-0.4, -0.2) is 29.8 Å². The zero-order chi connectivity index (χ0) is 11.8. The normalized spacial score (nSPS) is 38.9. The van der Waals surface area contributed by atoms with Crippen LogP contribution in [0.5, 0.6) is 0 Å². The lowest BCUT2D eigenvalue weighted by Crippen LogP contribution is -2.42. The quantitative estimate of drug-likeness (QED) is 0.730. The number of likely N-dealkylation sites (tertiary alicyclic amines) is 1. The highest BCUT2D eigenvalue weighted by Crippen LogP contribution is 2.55. The van der Waals surface area contributed by atoms with Crippen LogP contribution in [-0.2, 0) is 4.79 Å². The second-order valence-electron chi connectivity index (χ2n) is 5.61. The van der Waals surface area contributed by atoms with Gasteiger partial charge in [0, 0.05) is 13.0 Å². The van der Waals surface area contributed by atoms with Crippen LogP contribution in [0.4, 0.5) is 0 Å². The Labute approximate surface area is 99.4 Å². The maximum absolute atomic E-state index is 12.0. The molecular formula is C14H25NO. The number of hydrogen-bond acceptors (Lipinski definition) is 2. The second kappa shape index (κ2) is 4.48.